The predicted octanol–water partition coefficient (Wildman–Crippen LogP) is 1.46. The molecule has 0 atom stereocenters. The first-order valence-corrected chi connectivity index (χ1v) is 3.11. The van der Waals surface area contributed by atoms with E-state index < -0.39 is 37.2 Å². The molecular formula is C7H8BrNO. The molecular weight excluding hydrogens is 194 g/mol. The molecule has 0 spiro atoms. The monoisotopic (exact) mass is 209 g/mol. The topological polar surface area (TPSA) is 22.0 Å². The van der Waals surface area contributed by atoms with Crippen LogP contribution in [-0.2, 0) is 6.98 Å². The van der Waals surface area contributed by atoms with Crippen LogP contribution in [0.15, 0.2) is 21.5 Å². The number of hydrogen-bond acceptors (Lipinski definition) is 1. The molecule has 0 fully saturated rings. The summed E-state index contributed by atoms with van der Waals surface area (Å²) in [4.78, 5) is 11.8. The van der Waals surface area contributed by atoms with Gasteiger partial charge in [0.15, 0.2) is 0 Å². The molecule has 54 valence electrons. The van der Waals surface area contributed by atoms with Crippen LogP contribution in [0.2, 0.25) is 0 Å². The second kappa shape index (κ2) is 2.58. The summed E-state index contributed by atoms with van der Waals surface area (Å²) in [6.45, 7) is -5.90. The van der Waals surface area contributed by atoms with Gasteiger partial charge in [-0.15, -0.1) is 0 Å². The summed E-state index contributed by atoms with van der Waals surface area (Å²) >= 11 is 2.77. The largest absolute Gasteiger partial charge is 0.317 e. The number of nitrogens with zero attached hydrogens (tertiary/aromatic N) is 1. The number of halogens is 1. The highest BCUT2D eigenvalue weighted by Gasteiger charge is 1.95. The van der Waals surface area contributed by atoms with Gasteiger partial charge in [0, 0.05) is 31.4 Å². The Balaban J connectivity index is 3.90. The van der Waals surface area contributed by atoms with E-state index in [2.05, 4.69) is 15.9 Å². The van der Waals surface area contributed by atoms with E-state index in [1.54, 1.807) is 0 Å². The van der Waals surface area contributed by atoms with Gasteiger partial charge < -0.3 is 4.57 Å². The molecule has 0 radical (unpaired) electrons. The van der Waals surface area contributed by atoms with Crippen molar-refractivity contribution in [3.05, 3.63) is 32.6 Å². The standard InChI is InChI=1S/C7H8BrNO/c1-5-3-6(8)4-9(2)7(5)10/h3-4H,1-2H3/i1D3,2D3,3D,4D. The molecule has 1 aromatic rings. The van der Waals surface area contributed by atoms with Crippen molar-refractivity contribution >= 4 is 15.9 Å². The van der Waals surface area contributed by atoms with Gasteiger partial charge in [0.05, 0.1) is 2.74 Å². The average molecular weight is 210 g/mol. The van der Waals surface area contributed by atoms with Crippen molar-refractivity contribution in [2.75, 3.05) is 0 Å². The van der Waals surface area contributed by atoms with Crippen molar-refractivity contribution in [1.29, 1.82) is 0 Å². The quantitative estimate of drug-likeness (QED) is 0.635. The minimum absolute atomic E-state index is 0.0802. The first kappa shape index (κ1) is 2.21. The summed E-state index contributed by atoms with van der Waals surface area (Å²) in [5.74, 6) is 0. The van der Waals surface area contributed by atoms with Crippen LogP contribution in [0.25, 0.3) is 0 Å². The molecule has 0 aromatic carbocycles. The fourth-order valence-electron chi connectivity index (χ4n) is 0.452. The third-order valence-electron chi connectivity index (χ3n) is 0.862. The molecule has 0 saturated carbocycles. The zero-order valence-electron chi connectivity index (χ0n) is 12.7. The van der Waals surface area contributed by atoms with Crippen LogP contribution in [0, 0.1) is 6.85 Å². The van der Waals surface area contributed by atoms with E-state index in [1.807, 2.05) is 0 Å². The molecule has 1 heterocycles. The van der Waals surface area contributed by atoms with Gasteiger partial charge in [0.25, 0.3) is 5.56 Å². The summed E-state index contributed by atoms with van der Waals surface area (Å²) in [7, 11) is 0. The molecule has 0 N–H and O–H groups in total. The fourth-order valence-corrected chi connectivity index (χ4v) is 0.827. The third kappa shape index (κ3) is 1.29. The maximum Gasteiger partial charge on any atom is 0.253 e. The minimum Gasteiger partial charge on any atom is -0.317 e. The highest BCUT2D eigenvalue weighted by molar-refractivity contribution is 9.10. The van der Waals surface area contributed by atoms with E-state index in [4.69, 9.17) is 11.0 Å². The third-order valence-corrected chi connectivity index (χ3v) is 1.24. The number of pyridine rings is 1. The lowest BCUT2D eigenvalue weighted by Crippen LogP contribution is -2.17. The second-order valence-electron chi connectivity index (χ2n) is 1.57. The number of hydrogen-bond donors (Lipinski definition) is 0. The summed E-state index contributed by atoms with van der Waals surface area (Å²) < 4.78 is 57.6. The van der Waals surface area contributed by atoms with Crippen molar-refractivity contribution in [3.63, 3.8) is 0 Å². The Hall–Kier alpha value is -0.570. The Morgan fingerprint density at radius 3 is 3.30 bits per heavy atom. The van der Waals surface area contributed by atoms with E-state index in [9.17, 15) is 4.79 Å². The van der Waals surface area contributed by atoms with Crippen molar-refractivity contribution in [2.45, 2.75) is 6.85 Å². The first-order valence-electron chi connectivity index (χ1n) is 6.31. The zero-order valence-corrected chi connectivity index (χ0v) is 6.32. The molecule has 2 nitrogen and oxygen atoms in total. The first-order chi connectivity index (χ1) is 7.89. The highest BCUT2D eigenvalue weighted by atomic mass is 79.9. The Bertz CT molecular complexity index is 498. The van der Waals surface area contributed by atoms with Gasteiger partial charge in [-0.25, -0.2) is 0 Å². The van der Waals surface area contributed by atoms with Crippen LogP contribution in [0.3, 0.4) is 0 Å². The molecule has 3 heteroatoms. The van der Waals surface area contributed by atoms with Gasteiger partial charge in [0.2, 0.25) is 0 Å². The molecule has 0 aliphatic carbocycles. The lowest BCUT2D eigenvalue weighted by atomic mass is 10.3. The Labute approximate surface area is 78.9 Å². The molecule has 0 unspecified atom stereocenters. The van der Waals surface area contributed by atoms with Crippen LogP contribution in [0.1, 0.15) is 16.5 Å². The van der Waals surface area contributed by atoms with Crippen LogP contribution < -0.4 is 5.56 Å². The van der Waals surface area contributed by atoms with Crippen molar-refractivity contribution in [2.24, 2.45) is 6.98 Å². The van der Waals surface area contributed by atoms with Crippen LogP contribution in [-0.4, -0.2) is 4.57 Å². The molecule has 1 aromatic heterocycles. The SMILES string of the molecule is [2H]c1c(Br)c([2H])n(C([2H])([2H])[2H])c(=O)c1C([2H])([2H])[2H]. The highest BCUT2D eigenvalue weighted by Crippen LogP contribution is 2.06. The van der Waals surface area contributed by atoms with Gasteiger partial charge in [-0.05, 0) is 28.8 Å². The van der Waals surface area contributed by atoms with Gasteiger partial charge in [-0.1, -0.05) is 0 Å². The lowest BCUT2D eigenvalue weighted by molar-refractivity contribution is 0.844. The van der Waals surface area contributed by atoms with Crippen molar-refractivity contribution < 1.29 is 11.0 Å². The van der Waals surface area contributed by atoms with Gasteiger partial charge in [-0.3, -0.25) is 4.79 Å². The minimum atomic E-state index is -2.98. The molecule has 0 saturated heterocycles. The molecule has 0 amide bonds. The van der Waals surface area contributed by atoms with Crippen LogP contribution in [0.5, 0.6) is 0 Å². The average Bonchev–Trinajstić information content (AvgIpc) is 2.09. The Morgan fingerprint density at radius 2 is 2.70 bits per heavy atom. The normalized spacial score (nSPS) is 24.1. The van der Waals surface area contributed by atoms with E-state index in [1.165, 1.54) is 0 Å². The van der Waals surface area contributed by atoms with E-state index >= 15 is 0 Å². The summed E-state index contributed by atoms with van der Waals surface area (Å²) in [6, 6.07) is -0.689. The molecule has 0 aliphatic heterocycles. The van der Waals surface area contributed by atoms with Crippen LogP contribution in [0.4, 0.5) is 0 Å². The maximum atomic E-state index is 11.8. The maximum absolute atomic E-state index is 11.8. The van der Waals surface area contributed by atoms with E-state index in [0.29, 0.717) is 0 Å². The zero-order chi connectivity index (χ0) is 14.5. The van der Waals surface area contributed by atoms with Gasteiger partial charge in [0.1, 0.15) is 0 Å². The molecule has 0 aliphatic rings. The van der Waals surface area contributed by atoms with Crippen molar-refractivity contribution in [3.8, 4) is 0 Å². The van der Waals surface area contributed by atoms with Crippen molar-refractivity contribution in [1.82, 2.24) is 4.57 Å². The summed E-state index contributed by atoms with van der Waals surface area (Å²) in [5.41, 5.74) is -2.28. The van der Waals surface area contributed by atoms with E-state index in [0.717, 1.165) is 0 Å². The second-order valence-corrected chi connectivity index (χ2v) is 2.36. The molecule has 1 rings (SSSR count). The Kier molecular flexibility index (Phi) is 0.569. The molecule has 10 heavy (non-hydrogen) atoms. The summed E-state index contributed by atoms with van der Waals surface area (Å²) in [6.07, 6.45) is -0.752. The van der Waals surface area contributed by atoms with Gasteiger partial charge >= 0.3 is 0 Å². The lowest BCUT2D eigenvalue weighted by Gasteiger charge is -1.98. The fraction of sp³-hybridized carbons (Fsp3) is 0.286. The number of aromatic nitrogens is 1. The van der Waals surface area contributed by atoms with Gasteiger partial charge in [-0.2, -0.15) is 0 Å². The predicted molar refractivity (Wildman–Crippen MR) is 44.1 cm³/mol. The van der Waals surface area contributed by atoms with E-state index in [-0.39, 0.29) is 9.04 Å². The van der Waals surface area contributed by atoms with Crippen LogP contribution >= 0.6 is 15.9 Å². The molecule has 0 bridgehead atoms. The Morgan fingerprint density at radius 1 is 1.90 bits per heavy atom. The number of rotatable bonds is 0. The smallest absolute Gasteiger partial charge is 0.253 e. The summed E-state index contributed by atoms with van der Waals surface area (Å²) in [5, 5.41) is 0.